The predicted molar refractivity (Wildman–Crippen MR) is 127 cm³/mol. The summed E-state index contributed by atoms with van der Waals surface area (Å²) >= 11 is 6.07. The van der Waals surface area contributed by atoms with Gasteiger partial charge >= 0.3 is 5.97 Å². The molecule has 38 heavy (non-hydrogen) atoms. The fraction of sp³-hybridized carbons (Fsp3) is 0.208. The van der Waals surface area contributed by atoms with Gasteiger partial charge in [0.25, 0.3) is 0 Å². The first kappa shape index (κ1) is 23.9. The maximum atomic E-state index is 15.2. The first-order valence-electron chi connectivity index (χ1n) is 11.5. The number of hydrogen-bond donors (Lipinski definition) is 1. The van der Waals surface area contributed by atoms with Crippen molar-refractivity contribution in [2.75, 3.05) is 0 Å². The van der Waals surface area contributed by atoms with Crippen LogP contribution in [0.15, 0.2) is 49.1 Å². The summed E-state index contributed by atoms with van der Waals surface area (Å²) in [5.41, 5.74) is 0.549. The Balaban J connectivity index is 1.26. The predicted octanol–water partition coefficient (Wildman–Crippen LogP) is 3.45. The van der Waals surface area contributed by atoms with Gasteiger partial charge in [-0.3, -0.25) is 4.79 Å². The number of carbonyl (C=O) groups excluding carboxylic acids is 2. The number of halogens is 3. The fourth-order valence-corrected chi connectivity index (χ4v) is 5.09. The molecule has 1 fully saturated rings. The van der Waals surface area contributed by atoms with Crippen molar-refractivity contribution < 1.29 is 23.1 Å². The number of rotatable bonds is 5. The van der Waals surface area contributed by atoms with Gasteiger partial charge in [-0.25, -0.2) is 23.5 Å². The number of esters is 1. The number of H-pyrrole nitrogens is 1. The molecule has 3 aromatic heterocycles. The SMILES string of the molecule is O=C(Oc1cnc([C@@H]2CC[C@@H]3CC(c4c(-n5cnnn5)ccc(Cl)c4F)=CC(=O)N32)[nH]1)c1ncccc1F. The largest absolute Gasteiger partial charge is 0.403 e. The number of pyridine rings is 1. The number of nitrogens with zero attached hydrogens (tertiary/aromatic N) is 7. The van der Waals surface area contributed by atoms with E-state index in [1.165, 1.54) is 41.6 Å². The van der Waals surface area contributed by atoms with Crippen LogP contribution in [0.5, 0.6) is 5.88 Å². The third kappa shape index (κ3) is 4.10. The zero-order valence-electron chi connectivity index (χ0n) is 19.4. The van der Waals surface area contributed by atoms with E-state index < -0.39 is 29.3 Å². The summed E-state index contributed by atoms with van der Waals surface area (Å²) in [6.07, 6.45) is 6.86. The molecular formula is C24H17ClF2N8O3. The van der Waals surface area contributed by atoms with Gasteiger partial charge in [-0.2, -0.15) is 4.68 Å². The van der Waals surface area contributed by atoms with Crippen LogP contribution in [-0.2, 0) is 4.79 Å². The third-order valence-corrected chi connectivity index (χ3v) is 6.83. The molecule has 2 atom stereocenters. The van der Waals surface area contributed by atoms with E-state index in [9.17, 15) is 14.0 Å². The number of tetrazole rings is 1. The monoisotopic (exact) mass is 538 g/mol. The van der Waals surface area contributed by atoms with Crippen LogP contribution in [0.3, 0.4) is 0 Å². The van der Waals surface area contributed by atoms with E-state index in [1.807, 2.05) is 0 Å². The molecule has 0 saturated carbocycles. The molecule has 192 valence electrons. The van der Waals surface area contributed by atoms with Crippen molar-refractivity contribution in [2.24, 2.45) is 0 Å². The van der Waals surface area contributed by atoms with Crippen LogP contribution in [0.1, 0.15) is 47.2 Å². The Bertz CT molecular complexity index is 1590. The van der Waals surface area contributed by atoms with Crippen LogP contribution >= 0.6 is 11.6 Å². The van der Waals surface area contributed by atoms with Gasteiger partial charge in [0, 0.05) is 23.9 Å². The highest BCUT2D eigenvalue weighted by Gasteiger charge is 2.42. The Morgan fingerprint density at radius 2 is 2.05 bits per heavy atom. The average molecular weight is 539 g/mol. The maximum Gasteiger partial charge on any atom is 0.366 e. The van der Waals surface area contributed by atoms with Gasteiger partial charge in [-0.15, -0.1) is 5.10 Å². The molecule has 1 N–H and O–H groups in total. The van der Waals surface area contributed by atoms with Crippen LogP contribution in [0, 0.1) is 11.6 Å². The van der Waals surface area contributed by atoms with Crippen LogP contribution in [-0.4, -0.2) is 58.0 Å². The van der Waals surface area contributed by atoms with Gasteiger partial charge in [-0.1, -0.05) is 11.6 Å². The van der Waals surface area contributed by atoms with E-state index in [0.717, 1.165) is 6.07 Å². The normalized spacial score (nSPS) is 18.9. The molecule has 4 aromatic rings. The van der Waals surface area contributed by atoms with Crippen molar-refractivity contribution in [1.82, 2.24) is 40.1 Å². The maximum absolute atomic E-state index is 15.2. The number of hydrogen-bond acceptors (Lipinski definition) is 8. The number of nitrogens with one attached hydrogen (secondary N) is 1. The number of aromatic nitrogens is 7. The molecule has 1 saturated heterocycles. The van der Waals surface area contributed by atoms with Crippen molar-refractivity contribution in [3.8, 4) is 11.6 Å². The number of amides is 1. The zero-order valence-corrected chi connectivity index (χ0v) is 20.1. The molecular weight excluding hydrogens is 522 g/mol. The topological polar surface area (TPSA) is 132 Å². The van der Waals surface area contributed by atoms with Crippen molar-refractivity contribution in [2.45, 2.75) is 31.3 Å². The lowest BCUT2D eigenvalue weighted by atomic mass is 9.92. The summed E-state index contributed by atoms with van der Waals surface area (Å²) < 4.78 is 35.6. The average Bonchev–Trinajstić information content (AvgIpc) is 3.67. The van der Waals surface area contributed by atoms with Gasteiger partial charge < -0.3 is 14.6 Å². The second-order valence-electron chi connectivity index (χ2n) is 8.73. The second-order valence-corrected chi connectivity index (χ2v) is 9.14. The molecule has 0 spiro atoms. The van der Waals surface area contributed by atoms with E-state index >= 15 is 4.39 Å². The van der Waals surface area contributed by atoms with Crippen LogP contribution in [0.25, 0.3) is 11.3 Å². The van der Waals surface area contributed by atoms with Crippen LogP contribution < -0.4 is 4.74 Å². The van der Waals surface area contributed by atoms with E-state index in [-0.39, 0.29) is 28.4 Å². The van der Waals surface area contributed by atoms with E-state index in [1.54, 1.807) is 11.0 Å². The summed E-state index contributed by atoms with van der Waals surface area (Å²) in [7, 11) is 0. The zero-order chi connectivity index (χ0) is 26.4. The minimum absolute atomic E-state index is 0.00808. The minimum atomic E-state index is -0.980. The molecule has 5 heterocycles. The molecule has 0 bridgehead atoms. The molecule has 2 aliphatic rings. The summed E-state index contributed by atoms with van der Waals surface area (Å²) in [6.45, 7) is 0. The molecule has 1 amide bonds. The van der Waals surface area contributed by atoms with E-state index in [2.05, 4.69) is 30.5 Å². The number of ether oxygens (including phenoxy) is 1. The smallest absolute Gasteiger partial charge is 0.366 e. The molecule has 2 aliphatic heterocycles. The summed E-state index contributed by atoms with van der Waals surface area (Å²) in [5.74, 6) is -2.38. The number of carbonyl (C=O) groups is 2. The van der Waals surface area contributed by atoms with Crippen molar-refractivity contribution in [1.29, 1.82) is 0 Å². The summed E-state index contributed by atoms with van der Waals surface area (Å²) in [6, 6.07) is 4.81. The highest BCUT2D eigenvalue weighted by atomic mass is 35.5. The van der Waals surface area contributed by atoms with Crippen LogP contribution in [0.2, 0.25) is 5.02 Å². The number of aromatic amines is 1. The fourth-order valence-electron chi connectivity index (χ4n) is 4.93. The molecule has 11 nitrogen and oxygen atoms in total. The summed E-state index contributed by atoms with van der Waals surface area (Å²) in [4.78, 5) is 38.1. The number of fused-ring (bicyclic) bond motifs is 1. The lowest BCUT2D eigenvalue weighted by Gasteiger charge is -2.33. The molecule has 0 aliphatic carbocycles. The lowest BCUT2D eigenvalue weighted by Crippen LogP contribution is -2.39. The lowest BCUT2D eigenvalue weighted by molar-refractivity contribution is -0.129. The number of benzene rings is 1. The standard InChI is InChI=1S/C24H17ClF2N8O3/c25-14-4-6-16(34-11-30-32-33-34)20(21(14)27)12-8-13-3-5-17(35(13)19(36)9-12)23-29-10-18(31-23)38-24(37)22-15(26)2-1-7-28-22/h1-2,4,6-7,9-11,13,17H,3,5,8H2,(H,29,31)/t13-,17+/m1/s1. The highest BCUT2D eigenvalue weighted by molar-refractivity contribution is 6.31. The molecule has 0 unspecified atom stereocenters. The van der Waals surface area contributed by atoms with Crippen molar-refractivity contribution in [3.63, 3.8) is 0 Å². The minimum Gasteiger partial charge on any atom is -0.403 e. The quantitative estimate of drug-likeness (QED) is 0.382. The Kier molecular flexibility index (Phi) is 5.91. The van der Waals surface area contributed by atoms with Gasteiger partial charge in [0.1, 0.15) is 12.2 Å². The first-order chi connectivity index (χ1) is 18.4. The van der Waals surface area contributed by atoms with Crippen molar-refractivity contribution >= 4 is 29.1 Å². The van der Waals surface area contributed by atoms with E-state index in [0.29, 0.717) is 36.3 Å². The van der Waals surface area contributed by atoms with E-state index in [4.69, 9.17) is 16.3 Å². The van der Waals surface area contributed by atoms with Gasteiger partial charge in [0.05, 0.1) is 22.9 Å². The van der Waals surface area contributed by atoms with Gasteiger partial charge in [-0.05, 0) is 59.5 Å². The molecule has 0 radical (unpaired) electrons. The third-order valence-electron chi connectivity index (χ3n) is 6.54. The molecule has 1 aromatic carbocycles. The van der Waals surface area contributed by atoms with Crippen molar-refractivity contribution in [3.05, 3.63) is 82.8 Å². The summed E-state index contributed by atoms with van der Waals surface area (Å²) in [5, 5.41) is 11.0. The molecule has 14 heteroatoms. The van der Waals surface area contributed by atoms with Gasteiger partial charge in [0.15, 0.2) is 17.3 Å². The van der Waals surface area contributed by atoms with Crippen LogP contribution in [0.4, 0.5) is 8.78 Å². The number of imidazole rings is 1. The molecule has 6 rings (SSSR count). The second kappa shape index (κ2) is 9.41. The Morgan fingerprint density at radius 1 is 1.18 bits per heavy atom. The Morgan fingerprint density at radius 3 is 2.84 bits per heavy atom. The Labute approximate surface area is 218 Å². The van der Waals surface area contributed by atoms with Gasteiger partial charge in [0.2, 0.25) is 11.8 Å². The first-order valence-corrected chi connectivity index (χ1v) is 11.9. The Hall–Kier alpha value is -4.52. The highest BCUT2D eigenvalue weighted by Crippen LogP contribution is 2.44.